The number of aromatic nitrogens is 3. The van der Waals surface area contributed by atoms with Crippen LogP contribution in [0.3, 0.4) is 0 Å². The maximum absolute atomic E-state index is 12.6. The van der Waals surface area contributed by atoms with Crippen LogP contribution < -0.4 is 9.46 Å². The number of benzene rings is 2. The molecule has 1 N–H and O–H groups in total. The number of fused-ring (bicyclic) bond motifs is 1. The molecular weight excluding hydrogens is 340 g/mol. The number of hydrogen-bond donors (Lipinski definition) is 1. The van der Waals surface area contributed by atoms with Gasteiger partial charge in [-0.25, -0.2) is 22.8 Å². The molecule has 8 heteroatoms. The molecule has 128 valence electrons. The van der Waals surface area contributed by atoms with Crippen LogP contribution in [-0.2, 0) is 16.4 Å². The molecule has 7 nitrogen and oxygen atoms in total. The zero-order valence-corrected chi connectivity index (χ0v) is 14.3. The van der Waals surface area contributed by atoms with Crippen LogP contribution in [0.15, 0.2) is 59.8 Å². The van der Waals surface area contributed by atoms with Crippen LogP contribution in [0.1, 0.15) is 17.4 Å². The van der Waals surface area contributed by atoms with E-state index >= 15 is 0 Å². The number of methoxy groups -OCH3 is 1. The highest BCUT2D eigenvalue weighted by Crippen LogP contribution is 2.31. The molecule has 1 aliphatic heterocycles. The van der Waals surface area contributed by atoms with E-state index in [0.717, 1.165) is 5.56 Å². The summed E-state index contributed by atoms with van der Waals surface area (Å²) in [6, 6.07) is 13.9. The van der Waals surface area contributed by atoms with Crippen molar-refractivity contribution in [3.63, 3.8) is 0 Å². The van der Waals surface area contributed by atoms with Gasteiger partial charge in [0.25, 0.3) is 0 Å². The van der Waals surface area contributed by atoms with Crippen molar-refractivity contribution in [2.75, 3.05) is 7.11 Å². The summed E-state index contributed by atoms with van der Waals surface area (Å²) in [6.07, 6.45) is 1.92. The van der Waals surface area contributed by atoms with Gasteiger partial charge >= 0.3 is 0 Å². The Balaban J connectivity index is 1.80. The van der Waals surface area contributed by atoms with Gasteiger partial charge < -0.3 is 4.74 Å². The van der Waals surface area contributed by atoms with Crippen LogP contribution in [0.4, 0.5) is 0 Å². The Morgan fingerprint density at radius 2 is 1.92 bits per heavy atom. The lowest BCUT2D eigenvalue weighted by molar-refractivity contribution is 0.410. The van der Waals surface area contributed by atoms with Gasteiger partial charge in [-0.05, 0) is 30.2 Å². The fourth-order valence-electron chi connectivity index (χ4n) is 3.07. The van der Waals surface area contributed by atoms with E-state index < -0.39 is 16.1 Å². The van der Waals surface area contributed by atoms with E-state index in [-0.39, 0.29) is 0 Å². The van der Waals surface area contributed by atoms with Crippen molar-refractivity contribution in [2.24, 2.45) is 0 Å². The molecule has 0 saturated carbocycles. The van der Waals surface area contributed by atoms with Crippen molar-refractivity contribution in [1.82, 2.24) is 19.5 Å². The molecule has 1 aliphatic rings. The third-order valence-corrected chi connectivity index (χ3v) is 5.75. The SMILES string of the molecule is COc1ccccc1-n1ncnc1[C@@H]1Cc2ccccc2S(=O)(=O)N1. The summed E-state index contributed by atoms with van der Waals surface area (Å²) in [5.74, 6) is 1.15. The zero-order valence-electron chi connectivity index (χ0n) is 13.5. The van der Waals surface area contributed by atoms with Crippen molar-refractivity contribution >= 4 is 10.0 Å². The van der Waals surface area contributed by atoms with E-state index in [1.54, 1.807) is 23.9 Å². The van der Waals surface area contributed by atoms with Gasteiger partial charge in [0.15, 0.2) is 5.82 Å². The lowest BCUT2D eigenvalue weighted by Gasteiger charge is -2.25. The van der Waals surface area contributed by atoms with Gasteiger partial charge in [-0.1, -0.05) is 30.3 Å². The standard InChI is InChI=1S/C17H16N4O3S/c1-24-15-8-4-3-7-14(15)21-17(18-11-19-21)13-10-12-6-2-5-9-16(12)25(22,23)20-13/h2-9,11,13,20H,10H2,1H3/t13-/m0/s1. The Hall–Kier alpha value is -2.71. The molecule has 3 aromatic rings. The van der Waals surface area contributed by atoms with Gasteiger partial charge in [0.1, 0.15) is 17.8 Å². The molecular formula is C17H16N4O3S. The summed E-state index contributed by atoms with van der Waals surface area (Å²) in [6.45, 7) is 0. The van der Waals surface area contributed by atoms with Crippen LogP contribution in [0.2, 0.25) is 0 Å². The molecule has 1 aromatic heterocycles. The molecule has 0 spiro atoms. The van der Waals surface area contributed by atoms with Crippen molar-refractivity contribution in [3.05, 3.63) is 66.2 Å². The monoisotopic (exact) mass is 356 g/mol. The quantitative estimate of drug-likeness (QED) is 0.774. The van der Waals surface area contributed by atoms with Gasteiger partial charge in [0, 0.05) is 0 Å². The number of para-hydroxylation sites is 2. The van der Waals surface area contributed by atoms with Crippen molar-refractivity contribution in [1.29, 1.82) is 0 Å². The van der Waals surface area contributed by atoms with E-state index in [4.69, 9.17) is 4.74 Å². The lowest BCUT2D eigenvalue weighted by atomic mass is 10.1. The minimum Gasteiger partial charge on any atom is -0.494 e. The van der Waals surface area contributed by atoms with E-state index in [9.17, 15) is 8.42 Å². The Morgan fingerprint density at radius 3 is 2.76 bits per heavy atom. The van der Waals surface area contributed by atoms with Gasteiger partial charge in [0.05, 0.1) is 18.0 Å². The highest BCUT2D eigenvalue weighted by molar-refractivity contribution is 7.89. The summed E-state index contributed by atoms with van der Waals surface area (Å²) in [4.78, 5) is 4.61. The molecule has 0 fully saturated rings. The first-order valence-corrected chi connectivity index (χ1v) is 9.22. The Kier molecular flexibility index (Phi) is 3.78. The predicted molar refractivity (Wildman–Crippen MR) is 91.1 cm³/mol. The molecule has 0 saturated heterocycles. The van der Waals surface area contributed by atoms with E-state index in [1.807, 2.05) is 36.4 Å². The summed E-state index contributed by atoms with van der Waals surface area (Å²) < 4.78 is 34.8. The number of sulfonamides is 1. The van der Waals surface area contributed by atoms with Gasteiger partial charge in [-0.2, -0.15) is 5.10 Å². The smallest absolute Gasteiger partial charge is 0.241 e. The first-order valence-electron chi connectivity index (χ1n) is 7.74. The molecule has 25 heavy (non-hydrogen) atoms. The highest BCUT2D eigenvalue weighted by Gasteiger charge is 2.33. The molecule has 0 bridgehead atoms. The summed E-state index contributed by atoms with van der Waals surface area (Å²) in [5, 5.41) is 4.26. The van der Waals surface area contributed by atoms with E-state index in [2.05, 4.69) is 14.8 Å². The van der Waals surface area contributed by atoms with Gasteiger partial charge in [0.2, 0.25) is 10.0 Å². The Morgan fingerprint density at radius 1 is 1.16 bits per heavy atom. The molecule has 2 heterocycles. The third kappa shape index (κ3) is 2.69. The second-order valence-corrected chi connectivity index (χ2v) is 7.37. The molecule has 0 amide bonds. The maximum Gasteiger partial charge on any atom is 0.241 e. The minimum atomic E-state index is -3.59. The predicted octanol–water partition coefficient (Wildman–Crippen LogP) is 1.85. The summed E-state index contributed by atoms with van der Waals surface area (Å²) in [7, 11) is -2.02. The van der Waals surface area contributed by atoms with Crippen LogP contribution >= 0.6 is 0 Å². The molecule has 0 radical (unpaired) electrons. The fourth-order valence-corrected chi connectivity index (χ4v) is 4.51. The van der Waals surface area contributed by atoms with Crippen LogP contribution in [0, 0.1) is 0 Å². The Bertz CT molecular complexity index is 1030. The van der Waals surface area contributed by atoms with Crippen LogP contribution in [-0.4, -0.2) is 30.3 Å². The average molecular weight is 356 g/mol. The van der Waals surface area contributed by atoms with Crippen molar-refractivity contribution in [2.45, 2.75) is 17.4 Å². The molecule has 4 rings (SSSR count). The highest BCUT2D eigenvalue weighted by atomic mass is 32.2. The summed E-state index contributed by atoms with van der Waals surface area (Å²) in [5.41, 5.74) is 1.47. The first-order chi connectivity index (χ1) is 12.1. The third-order valence-electron chi connectivity index (χ3n) is 4.18. The molecule has 0 aliphatic carbocycles. The van der Waals surface area contributed by atoms with Crippen molar-refractivity contribution < 1.29 is 13.2 Å². The second kappa shape index (κ2) is 5.98. The summed E-state index contributed by atoms with van der Waals surface area (Å²) >= 11 is 0. The topological polar surface area (TPSA) is 86.1 Å². The second-order valence-electron chi connectivity index (χ2n) is 5.69. The van der Waals surface area contributed by atoms with Crippen LogP contribution in [0.25, 0.3) is 5.69 Å². The zero-order chi connectivity index (χ0) is 17.4. The normalized spacial score (nSPS) is 18.5. The number of nitrogens with one attached hydrogen (secondary N) is 1. The largest absolute Gasteiger partial charge is 0.494 e. The first kappa shape index (κ1) is 15.8. The van der Waals surface area contributed by atoms with E-state index in [0.29, 0.717) is 28.6 Å². The molecule has 2 aromatic carbocycles. The fraction of sp³-hybridized carbons (Fsp3) is 0.176. The average Bonchev–Trinajstić information content (AvgIpc) is 3.10. The molecule has 0 unspecified atom stereocenters. The number of hydrogen-bond acceptors (Lipinski definition) is 5. The Labute approximate surface area is 145 Å². The van der Waals surface area contributed by atoms with E-state index in [1.165, 1.54) is 6.33 Å². The van der Waals surface area contributed by atoms with Crippen molar-refractivity contribution in [3.8, 4) is 11.4 Å². The maximum atomic E-state index is 12.6. The lowest BCUT2D eigenvalue weighted by Crippen LogP contribution is -2.36. The number of rotatable bonds is 3. The number of nitrogens with zero attached hydrogens (tertiary/aromatic N) is 3. The minimum absolute atomic E-state index is 0.314. The van der Waals surface area contributed by atoms with Gasteiger partial charge in [-0.15, -0.1) is 0 Å². The number of ether oxygens (including phenoxy) is 1. The molecule has 1 atom stereocenters. The van der Waals surface area contributed by atoms with Gasteiger partial charge in [-0.3, -0.25) is 0 Å². The van der Waals surface area contributed by atoms with Crippen LogP contribution in [0.5, 0.6) is 5.75 Å².